The lowest BCUT2D eigenvalue weighted by Crippen LogP contribution is -2.42. The Morgan fingerprint density at radius 3 is 2.68 bits per heavy atom. The van der Waals surface area contributed by atoms with Crippen molar-refractivity contribution in [1.82, 2.24) is 9.55 Å². The van der Waals surface area contributed by atoms with Crippen LogP contribution < -0.4 is 0 Å². The molecule has 0 N–H and O–H groups in total. The molecule has 1 aliphatic heterocycles. The van der Waals surface area contributed by atoms with E-state index >= 15 is 0 Å². The number of aromatic nitrogens is 2. The molecule has 0 aliphatic carbocycles. The van der Waals surface area contributed by atoms with E-state index in [1.807, 2.05) is 18.2 Å². The zero-order valence-electron chi connectivity index (χ0n) is 13.1. The van der Waals surface area contributed by atoms with Crippen molar-refractivity contribution in [3.8, 4) is 0 Å². The number of azo groups is 1. The summed E-state index contributed by atoms with van der Waals surface area (Å²) in [5.74, 6) is -2.04. The summed E-state index contributed by atoms with van der Waals surface area (Å²) in [5, 5.41) is 8.77. The lowest BCUT2D eigenvalue weighted by molar-refractivity contribution is 0.0815. The van der Waals surface area contributed by atoms with Crippen molar-refractivity contribution in [2.75, 3.05) is 5.75 Å². The third kappa shape index (κ3) is 2.62. The summed E-state index contributed by atoms with van der Waals surface area (Å²) in [6.45, 7) is 1.67. The van der Waals surface area contributed by atoms with Crippen LogP contribution in [0.1, 0.15) is 11.7 Å². The van der Waals surface area contributed by atoms with Gasteiger partial charge in [0, 0.05) is 17.9 Å². The zero-order valence-corrected chi connectivity index (χ0v) is 13.9. The molecule has 2 aromatic carbocycles. The Morgan fingerprint density at radius 2 is 1.92 bits per heavy atom. The summed E-state index contributed by atoms with van der Waals surface area (Å²) in [5.41, 5.74) is -0.0198. The first-order valence-electron chi connectivity index (χ1n) is 7.51. The standard InChI is InChI=1S/C17H12F2N4OS/c1-17(22-21-10-5-3-2-4-6-10)9-25-16-20-13-7-11(18)12(19)8-14(13)23(16)15(17)24/h2-8H,9H2,1H3. The summed E-state index contributed by atoms with van der Waals surface area (Å²) < 4.78 is 28.3. The van der Waals surface area contributed by atoms with E-state index in [-0.39, 0.29) is 16.9 Å². The minimum absolute atomic E-state index is 0.229. The van der Waals surface area contributed by atoms with Gasteiger partial charge in [0.2, 0.25) is 0 Å². The van der Waals surface area contributed by atoms with Gasteiger partial charge in [0.15, 0.2) is 22.3 Å². The summed E-state index contributed by atoms with van der Waals surface area (Å²) in [6.07, 6.45) is 0. The van der Waals surface area contributed by atoms with Crippen LogP contribution in [0.15, 0.2) is 57.8 Å². The van der Waals surface area contributed by atoms with Gasteiger partial charge in [-0.25, -0.2) is 13.8 Å². The van der Waals surface area contributed by atoms with E-state index in [9.17, 15) is 13.6 Å². The highest BCUT2D eigenvalue weighted by Gasteiger charge is 2.41. The van der Waals surface area contributed by atoms with Gasteiger partial charge in [-0.05, 0) is 19.1 Å². The van der Waals surface area contributed by atoms with Crippen LogP contribution >= 0.6 is 11.8 Å². The maximum atomic E-state index is 13.6. The number of halogens is 2. The van der Waals surface area contributed by atoms with Gasteiger partial charge in [-0.1, -0.05) is 30.0 Å². The van der Waals surface area contributed by atoms with Gasteiger partial charge in [0.25, 0.3) is 5.91 Å². The van der Waals surface area contributed by atoms with Gasteiger partial charge in [-0.2, -0.15) is 10.2 Å². The molecule has 5 nitrogen and oxygen atoms in total. The largest absolute Gasteiger partial charge is 0.271 e. The third-order valence-corrected chi connectivity index (χ3v) is 5.19. The van der Waals surface area contributed by atoms with Crippen LogP contribution in [0.5, 0.6) is 0 Å². The van der Waals surface area contributed by atoms with Crippen molar-refractivity contribution in [2.24, 2.45) is 10.2 Å². The minimum Gasteiger partial charge on any atom is -0.271 e. The molecule has 2 heterocycles. The fourth-order valence-corrected chi connectivity index (χ4v) is 3.65. The number of rotatable bonds is 2. The SMILES string of the molecule is CC1(N=Nc2ccccc2)CSc2nc3cc(F)c(F)cc3n2C1=O. The molecule has 1 aromatic heterocycles. The van der Waals surface area contributed by atoms with E-state index < -0.39 is 17.2 Å². The van der Waals surface area contributed by atoms with Crippen molar-refractivity contribution in [3.05, 3.63) is 54.1 Å². The van der Waals surface area contributed by atoms with Crippen LogP contribution in [-0.2, 0) is 0 Å². The first-order chi connectivity index (χ1) is 12.0. The fraction of sp³-hybridized carbons (Fsp3) is 0.176. The number of thioether (sulfide) groups is 1. The van der Waals surface area contributed by atoms with Gasteiger partial charge in [0.05, 0.1) is 16.7 Å². The molecular weight excluding hydrogens is 346 g/mol. The first kappa shape index (κ1) is 15.9. The molecular formula is C17H12F2N4OS. The van der Waals surface area contributed by atoms with Gasteiger partial charge >= 0.3 is 0 Å². The molecule has 0 amide bonds. The van der Waals surface area contributed by atoms with Crippen molar-refractivity contribution in [3.63, 3.8) is 0 Å². The summed E-state index contributed by atoms with van der Waals surface area (Å²) in [6, 6.07) is 11.1. The van der Waals surface area contributed by atoms with Gasteiger partial charge in [-0.3, -0.25) is 9.36 Å². The molecule has 0 radical (unpaired) electrons. The molecule has 126 valence electrons. The van der Waals surface area contributed by atoms with Gasteiger partial charge in [0.1, 0.15) is 0 Å². The highest BCUT2D eigenvalue weighted by molar-refractivity contribution is 7.99. The second-order valence-electron chi connectivity index (χ2n) is 5.89. The number of carbonyl (C=O) groups is 1. The first-order valence-corrected chi connectivity index (χ1v) is 8.49. The Morgan fingerprint density at radius 1 is 1.20 bits per heavy atom. The van der Waals surface area contributed by atoms with E-state index in [2.05, 4.69) is 15.2 Å². The van der Waals surface area contributed by atoms with Crippen LogP contribution in [0.3, 0.4) is 0 Å². The van der Waals surface area contributed by atoms with Crippen LogP contribution in [0.4, 0.5) is 14.5 Å². The molecule has 0 saturated carbocycles. The molecule has 0 saturated heterocycles. The molecule has 4 rings (SSSR count). The molecule has 1 aliphatic rings. The molecule has 25 heavy (non-hydrogen) atoms. The van der Waals surface area contributed by atoms with Crippen molar-refractivity contribution < 1.29 is 13.6 Å². The molecule has 1 atom stereocenters. The average molecular weight is 358 g/mol. The number of imidazole rings is 1. The Labute approximate surface area is 145 Å². The smallest absolute Gasteiger partial charge is 0.263 e. The molecule has 0 fully saturated rings. The second kappa shape index (κ2) is 5.73. The number of carbonyl (C=O) groups excluding carboxylic acids is 1. The van der Waals surface area contributed by atoms with E-state index in [0.29, 0.717) is 16.6 Å². The fourth-order valence-electron chi connectivity index (χ4n) is 2.59. The Hall–Kier alpha value is -2.61. The number of benzene rings is 2. The number of hydrogen-bond acceptors (Lipinski definition) is 5. The molecule has 8 heteroatoms. The quantitative estimate of drug-likeness (QED) is 0.629. The van der Waals surface area contributed by atoms with Crippen LogP contribution in [0.25, 0.3) is 11.0 Å². The molecule has 1 unspecified atom stereocenters. The van der Waals surface area contributed by atoms with E-state index in [4.69, 9.17) is 0 Å². The van der Waals surface area contributed by atoms with Crippen molar-refractivity contribution in [2.45, 2.75) is 17.6 Å². The van der Waals surface area contributed by atoms with Crippen LogP contribution in [0.2, 0.25) is 0 Å². The molecule has 0 bridgehead atoms. The van der Waals surface area contributed by atoms with Gasteiger partial charge in [-0.15, -0.1) is 0 Å². The predicted octanol–water partition coefficient (Wildman–Crippen LogP) is 4.60. The maximum Gasteiger partial charge on any atom is 0.263 e. The Kier molecular flexibility index (Phi) is 3.64. The number of hydrogen-bond donors (Lipinski definition) is 0. The van der Waals surface area contributed by atoms with Crippen LogP contribution in [0, 0.1) is 11.6 Å². The number of fused-ring (bicyclic) bond motifs is 3. The summed E-state index contributed by atoms with van der Waals surface area (Å²) in [7, 11) is 0. The molecule has 0 spiro atoms. The van der Waals surface area contributed by atoms with E-state index in [0.717, 1.165) is 12.1 Å². The highest BCUT2D eigenvalue weighted by Crippen LogP contribution is 2.36. The lowest BCUT2D eigenvalue weighted by Gasteiger charge is -2.27. The molecule has 3 aromatic rings. The summed E-state index contributed by atoms with van der Waals surface area (Å²) >= 11 is 1.30. The van der Waals surface area contributed by atoms with E-state index in [1.54, 1.807) is 19.1 Å². The second-order valence-corrected chi connectivity index (χ2v) is 6.83. The summed E-state index contributed by atoms with van der Waals surface area (Å²) in [4.78, 5) is 17.2. The topological polar surface area (TPSA) is 59.6 Å². The minimum atomic E-state index is -1.12. The average Bonchev–Trinajstić information content (AvgIpc) is 2.96. The van der Waals surface area contributed by atoms with Crippen molar-refractivity contribution >= 4 is 34.4 Å². The highest BCUT2D eigenvalue weighted by atomic mass is 32.2. The lowest BCUT2D eigenvalue weighted by atomic mass is 10.1. The van der Waals surface area contributed by atoms with Gasteiger partial charge < -0.3 is 0 Å². The predicted molar refractivity (Wildman–Crippen MR) is 90.4 cm³/mol. The Balaban J connectivity index is 1.78. The maximum absolute atomic E-state index is 13.6. The van der Waals surface area contributed by atoms with E-state index in [1.165, 1.54) is 16.3 Å². The normalized spacial score (nSPS) is 20.4. The Bertz CT molecular complexity index is 1020. The monoisotopic (exact) mass is 358 g/mol. The third-order valence-electron chi connectivity index (χ3n) is 3.95. The zero-order chi connectivity index (χ0) is 17.6. The number of nitrogens with zero attached hydrogens (tertiary/aromatic N) is 4. The van der Waals surface area contributed by atoms with Crippen molar-refractivity contribution in [1.29, 1.82) is 0 Å². The van der Waals surface area contributed by atoms with Crippen LogP contribution in [-0.4, -0.2) is 26.8 Å².